The van der Waals surface area contributed by atoms with Crippen molar-refractivity contribution in [1.82, 2.24) is 10.2 Å². The molecule has 1 aromatic carbocycles. The molecule has 1 aliphatic rings. The van der Waals surface area contributed by atoms with Crippen LogP contribution in [-0.4, -0.2) is 38.2 Å². The number of amides is 2. The molecule has 26 heavy (non-hydrogen) atoms. The highest BCUT2D eigenvalue weighted by Gasteiger charge is 2.25. The van der Waals surface area contributed by atoms with Crippen LogP contribution in [-0.2, 0) is 10.0 Å². The molecule has 2 N–H and O–H groups in total. The van der Waals surface area contributed by atoms with E-state index in [9.17, 15) is 13.2 Å². The summed E-state index contributed by atoms with van der Waals surface area (Å²) in [6.07, 6.45) is 12.0. The van der Waals surface area contributed by atoms with Gasteiger partial charge in [0.15, 0.2) is 0 Å². The lowest BCUT2D eigenvalue weighted by atomic mass is 9.94. The normalized spacial score (nSPS) is 16.3. The summed E-state index contributed by atoms with van der Waals surface area (Å²) in [5, 5.41) is 2.98. The average Bonchev–Trinajstić information content (AvgIpc) is 2.59. The third-order valence-electron chi connectivity index (χ3n) is 4.57. The number of nitrogens with zero attached hydrogens (tertiary/aromatic N) is 1. The summed E-state index contributed by atoms with van der Waals surface area (Å²) < 4.78 is 25.2. The van der Waals surface area contributed by atoms with E-state index in [4.69, 9.17) is 6.42 Å². The van der Waals surface area contributed by atoms with E-state index in [1.54, 1.807) is 23.1 Å². The first kappa shape index (κ1) is 20.1. The molecule has 6 nitrogen and oxygen atoms in total. The molecular formula is C19H27N3O3S. The summed E-state index contributed by atoms with van der Waals surface area (Å²) in [5.41, 5.74) is 1.29. The second-order valence-electron chi connectivity index (χ2n) is 6.79. The van der Waals surface area contributed by atoms with Crippen molar-refractivity contribution in [1.29, 1.82) is 0 Å². The molecule has 1 aromatic rings. The van der Waals surface area contributed by atoms with Gasteiger partial charge in [-0.05, 0) is 37.5 Å². The third kappa shape index (κ3) is 5.95. The smallest absolute Gasteiger partial charge is 0.318 e. The minimum atomic E-state index is -3.35. The predicted molar refractivity (Wildman–Crippen MR) is 104 cm³/mol. The number of anilines is 1. The van der Waals surface area contributed by atoms with Gasteiger partial charge >= 0.3 is 6.03 Å². The number of carbonyl (C=O) groups is 1. The summed E-state index contributed by atoms with van der Waals surface area (Å²) in [6, 6.07) is 6.74. The maximum Gasteiger partial charge on any atom is 0.318 e. The fraction of sp³-hybridized carbons (Fsp3) is 0.526. The number of nitrogens with one attached hydrogen (secondary N) is 2. The number of hydrogen-bond donors (Lipinski definition) is 2. The van der Waals surface area contributed by atoms with Crippen molar-refractivity contribution in [2.24, 2.45) is 0 Å². The van der Waals surface area contributed by atoms with Crippen LogP contribution >= 0.6 is 0 Å². The number of carbonyl (C=O) groups excluding carboxylic acids is 1. The van der Waals surface area contributed by atoms with Gasteiger partial charge in [0.2, 0.25) is 10.0 Å². The lowest BCUT2D eigenvalue weighted by molar-refractivity contribution is 0.163. The van der Waals surface area contributed by atoms with Crippen molar-refractivity contribution in [3.05, 3.63) is 29.8 Å². The predicted octanol–water partition coefficient (Wildman–Crippen LogP) is 3.10. The molecule has 0 heterocycles. The Morgan fingerprint density at radius 3 is 2.65 bits per heavy atom. The van der Waals surface area contributed by atoms with Gasteiger partial charge in [0.25, 0.3) is 0 Å². The van der Waals surface area contributed by atoms with Crippen LogP contribution in [0.1, 0.15) is 50.6 Å². The molecule has 1 fully saturated rings. The molecule has 142 valence electrons. The topological polar surface area (TPSA) is 78.5 Å². The summed E-state index contributed by atoms with van der Waals surface area (Å²) in [4.78, 5) is 14.5. The van der Waals surface area contributed by atoms with Crippen LogP contribution in [0.25, 0.3) is 0 Å². The van der Waals surface area contributed by atoms with E-state index in [2.05, 4.69) is 16.0 Å². The van der Waals surface area contributed by atoms with Crippen LogP contribution < -0.4 is 10.0 Å². The third-order valence-corrected chi connectivity index (χ3v) is 5.17. The van der Waals surface area contributed by atoms with Gasteiger partial charge in [-0.15, -0.1) is 6.42 Å². The van der Waals surface area contributed by atoms with Gasteiger partial charge in [-0.1, -0.05) is 37.3 Å². The molecule has 0 bridgehead atoms. The zero-order valence-electron chi connectivity index (χ0n) is 15.4. The summed E-state index contributed by atoms with van der Waals surface area (Å²) in [5.74, 6) is 2.58. The first-order valence-corrected chi connectivity index (χ1v) is 10.8. The highest BCUT2D eigenvalue weighted by Crippen LogP contribution is 2.23. The molecule has 0 saturated heterocycles. The maximum absolute atomic E-state index is 12.7. The Labute approximate surface area is 156 Å². The lowest BCUT2D eigenvalue weighted by Gasteiger charge is -2.34. The SMILES string of the molecule is C#CCN(C(=O)N[C@H](C)c1cccc(NS(C)(=O)=O)c1)C1CCCCC1. The average molecular weight is 378 g/mol. The van der Waals surface area contributed by atoms with Gasteiger partial charge < -0.3 is 10.2 Å². The molecule has 2 rings (SSSR count). The van der Waals surface area contributed by atoms with E-state index in [1.807, 2.05) is 13.0 Å². The molecule has 0 aromatic heterocycles. The largest absolute Gasteiger partial charge is 0.331 e. The van der Waals surface area contributed by atoms with E-state index in [0.29, 0.717) is 12.2 Å². The van der Waals surface area contributed by atoms with Crippen molar-refractivity contribution in [2.45, 2.75) is 51.1 Å². The van der Waals surface area contributed by atoms with E-state index in [-0.39, 0.29) is 18.1 Å². The Morgan fingerprint density at radius 2 is 2.04 bits per heavy atom. The van der Waals surface area contributed by atoms with Crippen LogP contribution in [0, 0.1) is 12.3 Å². The maximum atomic E-state index is 12.7. The van der Waals surface area contributed by atoms with Gasteiger partial charge in [0.1, 0.15) is 0 Å². The number of urea groups is 1. The minimum absolute atomic E-state index is 0.177. The molecule has 0 aliphatic heterocycles. The number of sulfonamides is 1. The second-order valence-corrected chi connectivity index (χ2v) is 8.54. The number of benzene rings is 1. The summed E-state index contributed by atoms with van der Waals surface area (Å²) >= 11 is 0. The number of terminal acetylenes is 1. The summed E-state index contributed by atoms with van der Waals surface area (Å²) in [7, 11) is -3.35. The van der Waals surface area contributed by atoms with Gasteiger partial charge in [-0.3, -0.25) is 4.72 Å². The zero-order valence-corrected chi connectivity index (χ0v) is 16.2. The van der Waals surface area contributed by atoms with Crippen molar-refractivity contribution in [3.8, 4) is 12.3 Å². The Morgan fingerprint density at radius 1 is 1.35 bits per heavy atom. The van der Waals surface area contributed by atoms with Crippen molar-refractivity contribution < 1.29 is 13.2 Å². The lowest BCUT2D eigenvalue weighted by Crippen LogP contribution is -2.47. The van der Waals surface area contributed by atoms with Crippen LogP contribution in [0.2, 0.25) is 0 Å². The van der Waals surface area contributed by atoms with Crippen LogP contribution in [0.5, 0.6) is 0 Å². The molecule has 0 radical (unpaired) electrons. The molecule has 0 spiro atoms. The van der Waals surface area contributed by atoms with Crippen LogP contribution in [0.15, 0.2) is 24.3 Å². The Bertz CT molecular complexity index is 764. The fourth-order valence-electron chi connectivity index (χ4n) is 3.29. The number of rotatable bonds is 6. The number of hydrogen-bond acceptors (Lipinski definition) is 3. The molecular weight excluding hydrogens is 350 g/mol. The van der Waals surface area contributed by atoms with Crippen molar-refractivity contribution in [3.63, 3.8) is 0 Å². The molecule has 2 amide bonds. The van der Waals surface area contributed by atoms with E-state index in [1.165, 1.54) is 6.42 Å². The van der Waals surface area contributed by atoms with Crippen molar-refractivity contribution >= 4 is 21.7 Å². The van der Waals surface area contributed by atoms with Gasteiger partial charge in [-0.25, -0.2) is 13.2 Å². The van der Waals surface area contributed by atoms with Gasteiger partial charge in [0.05, 0.1) is 18.8 Å². The van der Waals surface area contributed by atoms with Crippen LogP contribution in [0.3, 0.4) is 0 Å². The molecule has 1 saturated carbocycles. The second kappa shape index (κ2) is 8.95. The Hall–Kier alpha value is -2.20. The fourth-order valence-corrected chi connectivity index (χ4v) is 3.85. The van der Waals surface area contributed by atoms with Gasteiger partial charge in [0, 0.05) is 11.7 Å². The highest BCUT2D eigenvalue weighted by atomic mass is 32.2. The van der Waals surface area contributed by atoms with Crippen molar-refractivity contribution in [2.75, 3.05) is 17.5 Å². The Kier molecular flexibility index (Phi) is 6.92. The quantitative estimate of drug-likeness (QED) is 0.748. The monoisotopic (exact) mass is 377 g/mol. The van der Waals surface area contributed by atoms with E-state index < -0.39 is 10.0 Å². The Balaban J connectivity index is 2.07. The first-order valence-electron chi connectivity index (χ1n) is 8.88. The highest BCUT2D eigenvalue weighted by molar-refractivity contribution is 7.92. The zero-order chi connectivity index (χ0) is 19.2. The molecule has 1 atom stereocenters. The molecule has 7 heteroatoms. The molecule has 0 unspecified atom stereocenters. The van der Waals surface area contributed by atoms with E-state index >= 15 is 0 Å². The molecule has 1 aliphatic carbocycles. The first-order chi connectivity index (χ1) is 12.3. The van der Waals surface area contributed by atoms with E-state index in [0.717, 1.165) is 37.5 Å². The van der Waals surface area contributed by atoms with Crippen LogP contribution in [0.4, 0.5) is 10.5 Å². The summed E-state index contributed by atoms with van der Waals surface area (Å²) in [6.45, 7) is 2.16. The van der Waals surface area contributed by atoms with Gasteiger partial charge in [-0.2, -0.15) is 0 Å². The standard InChI is InChI=1S/C19H27N3O3S/c1-4-13-22(18-11-6-5-7-12-18)19(23)20-15(2)16-9-8-10-17(14-16)21-26(3,24)25/h1,8-10,14-15,18,21H,5-7,11-13H2,2-3H3,(H,20,23)/t15-/m1/s1. The minimum Gasteiger partial charge on any atom is -0.331 e.